The molecule has 2 N–H and O–H groups in total. The van der Waals surface area contributed by atoms with E-state index in [2.05, 4.69) is 11.5 Å². The first-order valence-electron chi connectivity index (χ1n) is 7.74. The minimum Gasteiger partial charge on any atom is -0.492 e. The highest BCUT2D eigenvalue weighted by molar-refractivity contribution is 5.27. The molecule has 0 aliphatic heterocycles. The predicted molar refractivity (Wildman–Crippen MR) is 83.4 cm³/mol. The molecule has 0 radical (unpaired) electrons. The van der Waals surface area contributed by atoms with Gasteiger partial charge in [-0.3, -0.25) is 0 Å². The second-order valence-electron chi connectivity index (χ2n) is 5.61. The van der Waals surface area contributed by atoms with E-state index in [-0.39, 0.29) is 0 Å². The number of benzene rings is 1. The third kappa shape index (κ3) is 3.10. The number of fused-ring (bicyclic) bond motifs is 1. The van der Waals surface area contributed by atoms with Crippen molar-refractivity contribution in [2.75, 3.05) is 6.61 Å². The summed E-state index contributed by atoms with van der Waals surface area (Å²) in [7, 11) is 0. The number of rotatable bonds is 5. The zero-order valence-electron chi connectivity index (χ0n) is 12.6. The maximum atomic E-state index is 5.84. The number of hydrogen-bond acceptors (Lipinski definition) is 3. The molecule has 2 aromatic rings. The molecule has 1 aliphatic carbocycles. The fourth-order valence-electron chi connectivity index (χ4n) is 3.01. The Morgan fingerprint density at radius 3 is 2.71 bits per heavy atom. The first-order chi connectivity index (χ1) is 10.3. The second-order valence-corrected chi connectivity index (χ2v) is 5.61. The Kier molecular flexibility index (Phi) is 4.25. The molecule has 4 nitrogen and oxygen atoms in total. The quantitative estimate of drug-likeness (QED) is 0.918. The van der Waals surface area contributed by atoms with Gasteiger partial charge in [0.2, 0.25) is 0 Å². The Hall–Kier alpha value is -1.81. The summed E-state index contributed by atoms with van der Waals surface area (Å²) in [6, 6.07) is 8.00. The van der Waals surface area contributed by atoms with Gasteiger partial charge in [-0.2, -0.15) is 0 Å². The second kappa shape index (κ2) is 6.31. The van der Waals surface area contributed by atoms with Gasteiger partial charge in [0.25, 0.3) is 0 Å². The molecule has 0 atom stereocenters. The molecule has 21 heavy (non-hydrogen) atoms. The molecule has 112 valence electrons. The molecular formula is C17H23N3O. The van der Waals surface area contributed by atoms with Gasteiger partial charge >= 0.3 is 0 Å². The predicted octanol–water partition coefficient (Wildman–Crippen LogP) is 2.61. The van der Waals surface area contributed by atoms with E-state index in [0.717, 1.165) is 36.5 Å². The summed E-state index contributed by atoms with van der Waals surface area (Å²) in [6.45, 7) is 4.20. The molecule has 0 spiro atoms. The van der Waals surface area contributed by atoms with E-state index in [1.54, 1.807) is 0 Å². The Morgan fingerprint density at radius 2 is 1.95 bits per heavy atom. The van der Waals surface area contributed by atoms with E-state index < -0.39 is 0 Å². The lowest BCUT2D eigenvalue weighted by atomic mass is 10.0. The number of aromatic nitrogens is 2. The van der Waals surface area contributed by atoms with Crippen molar-refractivity contribution in [3.8, 4) is 5.75 Å². The summed E-state index contributed by atoms with van der Waals surface area (Å²) in [5.41, 5.74) is 9.44. The Labute approximate surface area is 125 Å². The van der Waals surface area contributed by atoms with Gasteiger partial charge in [0, 0.05) is 12.2 Å². The zero-order valence-corrected chi connectivity index (χ0v) is 12.6. The number of nitrogens with two attached hydrogens (primary N) is 1. The van der Waals surface area contributed by atoms with Crippen molar-refractivity contribution in [3.63, 3.8) is 0 Å². The summed E-state index contributed by atoms with van der Waals surface area (Å²) in [6.07, 6.45) is 4.83. The number of hydrogen-bond donors (Lipinski definition) is 1. The summed E-state index contributed by atoms with van der Waals surface area (Å²) < 4.78 is 8.16. The number of imidazole rings is 1. The lowest BCUT2D eigenvalue weighted by Crippen LogP contribution is -2.14. The molecule has 1 heterocycles. The zero-order chi connectivity index (χ0) is 14.7. The number of ether oxygens (including phenoxy) is 1. The van der Waals surface area contributed by atoms with Gasteiger partial charge in [-0.05, 0) is 50.3 Å². The van der Waals surface area contributed by atoms with Crippen molar-refractivity contribution >= 4 is 0 Å². The van der Waals surface area contributed by atoms with E-state index in [1.807, 2.05) is 24.3 Å². The molecule has 1 aliphatic rings. The molecular weight excluding hydrogens is 262 g/mol. The Bertz CT molecular complexity index is 601. The third-order valence-corrected chi connectivity index (χ3v) is 4.17. The molecule has 0 amide bonds. The van der Waals surface area contributed by atoms with Gasteiger partial charge in [-0.25, -0.2) is 4.98 Å². The van der Waals surface area contributed by atoms with Crippen LogP contribution in [-0.4, -0.2) is 16.2 Å². The van der Waals surface area contributed by atoms with E-state index in [0.29, 0.717) is 13.2 Å². The van der Waals surface area contributed by atoms with Gasteiger partial charge in [-0.1, -0.05) is 12.1 Å². The van der Waals surface area contributed by atoms with E-state index in [9.17, 15) is 0 Å². The summed E-state index contributed by atoms with van der Waals surface area (Å²) in [5.74, 6) is 2.02. The molecule has 0 saturated carbocycles. The van der Waals surface area contributed by atoms with Crippen molar-refractivity contribution < 1.29 is 4.74 Å². The Balaban J connectivity index is 1.61. The van der Waals surface area contributed by atoms with Gasteiger partial charge in [0.15, 0.2) is 0 Å². The monoisotopic (exact) mass is 285 g/mol. The highest BCUT2D eigenvalue weighted by Gasteiger charge is 2.17. The van der Waals surface area contributed by atoms with Crippen LogP contribution in [0, 0.1) is 6.92 Å². The van der Waals surface area contributed by atoms with Crippen molar-refractivity contribution in [1.82, 2.24) is 9.55 Å². The topological polar surface area (TPSA) is 53.1 Å². The summed E-state index contributed by atoms with van der Waals surface area (Å²) >= 11 is 0. The van der Waals surface area contributed by atoms with Gasteiger partial charge in [-0.15, -0.1) is 0 Å². The van der Waals surface area contributed by atoms with Crippen LogP contribution < -0.4 is 10.5 Å². The smallest absolute Gasteiger partial charge is 0.119 e. The normalized spacial score (nSPS) is 14.0. The van der Waals surface area contributed by atoms with Crippen LogP contribution in [0.5, 0.6) is 5.75 Å². The molecule has 1 aromatic heterocycles. The molecule has 4 heteroatoms. The highest BCUT2D eigenvalue weighted by atomic mass is 16.5. The number of aryl methyl sites for hydroxylation is 2. The third-order valence-electron chi connectivity index (χ3n) is 4.17. The van der Waals surface area contributed by atoms with E-state index in [1.165, 1.54) is 24.2 Å². The van der Waals surface area contributed by atoms with Gasteiger partial charge in [0.05, 0.1) is 12.2 Å². The van der Waals surface area contributed by atoms with E-state index >= 15 is 0 Å². The minimum atomic E-state index is 0.570. The largest absolute Gasteiger partial charge is 0.492 e. The Morgan fingerprint density at radius 1 is 1.19 bits per heavy atom. The fraction of sp³-hybridized carbons (Fsp3) is 0.471. The summed E-state index contributed by atoms with van der Waals surface area (Å²) in [4.78, 5) is 4.69. The maximum absolute atomic E-state index is 5.84. The molecule has 3 rings (SSSR count). The lowest BCUT2D eigenvalue weighted by molar-refractivity contribution is 0.294. The van der Waals surface area contributed by atoms with Crippen LogP contribution in [0.25, 0.3) is 0 Å². The van der Waals surface area contributed by atoms with Crippen LogP contribution in [0.3, 0.4) is 0 Å². The first-order valence-corrected chi connectivity index (χ1v) is 7.74. The molecule has 0 unspecified atom stereocenters. The lowest BCUT2D eigenvalue weighted by Gasteiger charge is -2.15. The SMILES string of the molecule is Cc1nc2c(n1CCOc1ccc(CN)cc1)CCCC2. The van der Waals surface area contributed by atoms with Gasteiger partial charge < -0.3 is 15.0 Å². The van der Waals surface area contributed by atoms with Crippen LogP contribution in [0.4, 0.5) is 0 Å². The van der Waals surface area contributed by atoms with Crippen LogP contribution in [0.1, 0.15) is 35.6 Å². The first kappa shape index (κ1) is 14.1. The molecule has 0 saturated heterocycles. The fourth-order valence-corrected chi connectivity index (χ4v) is 3.01. The molecule has 1 aromatic carbocycles. The molecule has 0 fully saturated rings. The maximum Gasteiger partial charge on any atom is 0.119 e. The van der Waals surface area contributed by atoms with Crippen molar-refractivity contribution in [1.29, 1.82) is 0 Å². The molecule has 0 bridgehead atoms. The number of nitrogens with zero attached hydrogens (tertiary/aromatic N) is 2. The van der Waals surface area contributed by atoms with Crippen molar-refractivity contribution in [2.24, 2.45) is 5.73 Å². The average Bonchev–Trinajstić information content (AvgIpc) is 2.84. The van der Waals surface area contributed by atoms with E-state index in [4.69, 9.17) is 15.5 Å². The standard InChI is InChI=1S/C17H23N3O/c1-13-19-16-4-2-3-5-17(16)20(13)10-11-21-15-8-6-14(12-18)7-9-15/h6-9H,2-5,10-12,18H2,1H3. The summed E-state index contributed by atoms with van der Waals surface area (Å²) in [5, 5.41) is 0. The van der Waals surface area contributed by atoms with Gasteiger partial charge in [0.1, 0.15) is 18.2 Å². The van der Waals surface area contributed by atoms with Crippen LogP contribution in [0.15, 0.2) is 24.3 Å². The van der Waals surface area contributed by atoms with Crippen molar-refractivity contribution in [3.05, 3.63) is 47.0 Å². The average molecular weight is 285 g/mol. The van der Waals surface area contributed by atoms with Crippen LogP contribution in [0.2, 0.25) is 0 Å². The minimum absolute atomic E-state index is 0.570. The van der Waals surface area contributed by atoms with Crippen molar-refractivity contribution in [2.45, 2.75) is 45.7 Å². The van der Waals surface area contributed by atoms with Crippen LogP contribution >= 0.6 is 0 Å². The highest BCUT2D eigenvalue weighted by Crippen LogP contribution is 2.22. The van der Waals surface area contributed by atoms with Crippen LogP contribution in [-0.2, 0) is 25.9 Å².